The maximum atomic E-state index is 12.7. The highest BCUT2D eigenvalue weighted by Crippen LogP contribution is 2.22. The fourth-order valence-corrected chi connectivity index (χ4v) is 3.81. The van der Waals surface area contributed by atoms with Crippen LogP contribution in [0, 0.1) is 0 Å². The summed E-state index contributed by atoms with van der Waals surface area (Å²) in [4.78, 5) is 37.0. The van der Waals surface area contributed by atoms with Crippen LogP contribution in [0.1, 0.15) is 48.0 Å². The summed E-state index contributed by atoms with van der Waals surface area (Å²) in [6.07, 6.45) is 6.49. The molecule has 0 unspecified atom stereocenters. The molecule has 2 aromatic rings. The molecule has 0 aromatic heterocycles. The second-order valence-electron chi connectivity index (χ2n) is 7.14. The molecule has 2 aromatic carbocycles. The van der Waals surface area contributed by atoms with E-state index in [4.69, 9.17) is 23.2 Å². The van der Waals surface area contributed by atoms with E-state index < -0.39 is 11.8 Å². The highest BCUT2D eigenvalue weighted by Gasteiger charge is 2.20. The Hall–Kier alpha value is -2.90. The monoisotopic (exact) mass is 460 g/mol. The lowest BCUT2D eigenvalue weighted by Crippen LogP contribution is -2.37. The lowest BCUT2D eigenvalue weighted by atomic mass is 9.95. The Morgan fingerprint density at radius 3 is 2.29 bits per heavy atom. The molecule has 0 atom stereocenters. The first-order chi connectivity index (χ1) is 15.0. The molecule has 0 bridgehead atoms. The van der Waals surface area contributed by atoms with Gasteiger partial charge in [-0.3, -0.25) is 14.4 Å². The normalized spacial score (nSPS) is 14.3. The van der Waals surface area contributed by atoms with Gasteiger partial charge in [0, 0.05) is 11.6 Å². The number of rotatable bonds is 5. The van der Waals surface area contributed by atoms with Crippen molar-refractivity contribution in [2.45, 2.75) is 38.1 Å². The zero-order valence-corrected chi connectivity index (χ0v) is 18.2. The number of carbonyl (C=O) groups excluding carboxylic acids is 3. The summed E-state index contributed by atoms with van der Waals surface area (Å²) < 4.78 is 0. The molecule has 0 aliphatic heterocycles. The number of para-hydroxylation sites is 1. The van der Waals surface area contributed by atoms with E-state index in [1.165, 1.54) is 12.6 Å². The van der Waals surface area contributed by atoms with Gasteiger partial charge in [-0.15, -0.1) is 0 Å². The van der Waals surface area contributed by atoms with E-state index in [-0.39, 0.29) is 17.6 Å². The average Bonchev–Trinajstić information content (AvgIpc) is 2.76. The second kappa shape index (κ2) is 10.9. The van der Waals surface area contributed by atoms with E-state index in [0.29, 0.717) is 21.2 Å². The second-order valence-corrected chi connectivity index (χ2v) is 7.96. The summed E-state index contributed by atoms with van der Waals surface area (Å²) in [6.45, 7) is 0. The third-order valence-corrected chi connectivity index (χ3v) is 5.59. The van der Waals surface area contributed by atoms with Crippen LogP contribution in [-0.4, -0.2) is 30.0 Å². The molecular formula is C22H22Cl2N4O3. The first kappa shape index (κ1) is 22.8. The topological polar surface area (TPSA) is 99.7 Å². The maximum Gasteiger partial charge on any atom is 0.329 e. The smallest absolute Gasteiger partial charge is 0.329 e. The molecule has 1 fully saturated rings. The summed E-state index contributed by atoms with van der Waals surface area (Å²) in [6, 6.07) is 11.6. The van der Waals surface area contributed by atoms with Crippen molar-refractivity contribution in [3.63, 3.8) is 0 Å². The number of anilines is 1. The minimum absolute atomic E-state index is 0.124. The van der Waals surface area contributed by atoms with Gasteiger partial charge in [-0.05, 0) is 37.1 Å². The number of benzene rings is 2. The van der Waals surface area contributed by atoms with Gasteiger partial charge in [0.05, 0.1) is 27.5 Å². The molecule has 0 radical (unpaired) electrons. The minimum atomic E-state index is -0.998. The van der Waals surface area contributed by atoms with Crippen LogP contribution in [-0.2, 0) is 9.59 Å². The van der Waals surface area contributed by atoms with Gasteiger partial charge in [0.2, 0.25) is 0 Å². The van der Waals surface area contributed by atoms with Crippen LogP contribution in [0.15, 0.2) is 47.6 Å². The van der Waals surface area contributed by atoms with Crippen molar-refractivity contribution in [2.24, 2.45) is 5.10 Å². The SMILES string of the molecule is O=C(N/N=C/c1c(Cl)cccc1Cl)C(=O)Nc1ccccc1C(=O)NC1CCCCC1. The van der Waals surface area contributed by atoms with Crippen LogP contribution in [0.2, 0.25) is 10.0 Å². The van der Waals surface area contributed by atoms with E-state index in [0.717, 1.165) is 25.7 Å². The van der Waals surface area contributed by atoms with Crippen molar-refractivity contribution < 1.29 is 14.4 Å². The van der Waals surface area contributed by atoms with Crippen LogP contribution in [0.25, 0.3) is 0 Å². The van der Waals surface area contributed by atoms with Gasteiger partial charge in [0.1, 0.15) is 0 Å². The van der Waals surface area contributed by atoms with Gasteiger partial charge < -0.3 is 10.6 Å². The van der Waals surface area contributed by atoms with E-state index >= 15 is 0 Å². The lowest BCUT2D eigenvalue weighted by molar-refractivity contribution is -0.136. The van der Waals surface area contributed by atoms with E-state index in [1.54, 1.807) is 42.5 Å². The van der Waals surface area contributed by atoms with E-state index in [2.05, 4.69) is 21.2 Å². The number of carbonyl (C=O) groups is 3. The van der Waals surface area contributed by atoms with Crippen molar-refractivity contribution in [3.8, 4) is 0 Å². The van der Waals surface area contributed by atoms with Crippen molar-refractivity contribution in [1.29, 1.82) is 0 Å². The third kappa shape index (κ3) is 6.29. The molecule has 31 heavy (non-hydrogen) atoms. The number of hydrogen-bond acceptors (Lipinski definition) is 4. The van der Waals surface area contributed by atoms with Gasteiger partial charge >= 0.3 is 11.8 Å². The lowest BCUT2D eigenvalue weighted by Gasteiger charge is -2.23. The first-order valence-corrected chi connectivity index (χ1v) is 10.7. The highest BCUT2D eigenvalue weighted by molar-refractivity contribution is 6.40. The summed E-state index contributed by atoms with van der Waals surface area (Å²) in [7, 11) is 0. The van der Waals surface area contributed by atoms with Gasteiger partial charge in [-0.2, -0.15) is 5.10 Å². The predicted octanol–water partition coefficient (Wildman–Crippen LogP) is 4.14. The molecule has 9 heteroatoms. The van der Waals surface area contributed by atoms with Crippen LogP contribution in [0.3, 0.4) is 0 Å². The van der Waals surface area contributed by atoms with Gasteiger partial charge in [0.25, 0.3) is 5.91 Å². The number of hydrogen-bond donors (Lipinski definition) is 3. The molecule has 1 saturated carbocycles. The van der Waals surface area contributed by atoms with E-state index in [9.17, 15) is 14.4 Å². The quantitative estimate of drug-likeness (QED) is 0.355. The van der Waals surface area contributed by atoms with E-state index in [1.807, 2.05) is 0 Å². The molecule has 0 saturated heterocycles. The molecule has 0 spiro atoms. The summed E-state index contributed by atoms with van der Waals surface area (Å²) in [5.41, 5.74) is 3.07. The van der Waals surface area contributed by atoms with Crippen molar-refractivity contribution in [3.05, 3.63) is 63.6 Å². The molecule has 3 rings (SSSR count). The Labute approximate surface area is 190 Å². The van der Waals surface area contributed by atoms with Crippen molar-refractivity contribution in [2.75, 3.05) is 5.32 Å². The summed E-state index contributed by atoms with van der Waals surface area (Å²) in [5.74, 6) is -2.24. The molecular weight excluding hydrogens is 439 g/mol. The number of halogens is 2. The zero-order valence-electron chi connectivity index (χ0n) is 16.7. The molecule has 7 nitrogen and oxygen atoms in total. The van der Waals surface area contributed by atoms with Crippen LogP contribution in [0.4, 0.5) is 5.69 Å². The number of amides is 3. The fraction of sp³-hybridized carbons (Fsp3) is 0.273. The number of nitrogens with one attached hydrogen (secondary N) is 3. The Balaban J connectivity index is 1.61. The fourth-order valence-electron chi connectivity index (χ4n) is 3.32. The van der Waals surface area contributed by atoms with Gasteiger partial charge in [0.15, 0.2) is 0 Å². The molecule has 1 aliphatic rings. The zero-order chi connectivity index (χ0) is 22.2. The third-order valence-electron chi connectivity index (χ3n) is 4.93. The number of nitrogens with zero attached hydrogens (tertiary/aromatic N) is 1. The largest absolute Gasteiger partial charge is 0.349 e. The average molecular weight is 461 g/mol. The van der Waals surface area contributed by atoms with Crippen LogP contribution >= 0.6 is 23.2 Å². The molecule has 3 N–H and O–H groups in total. The van der Waals surface area contributed by atoms with Gasteiger partial charge in [-0.1, -0.05) is 60.7 Å². The first-order valence-electron chi connectivity index (χ1n) is 9.94. The Morgan fingerprint density at radius 2 is 1.58 bits per heavy atom. The maximum absolute atomic E-state index is 12.7. The standard InChI is InChI=1S/C22H22Cl2N4O3/c23-17-10-6-11-18(24)16(17)13-25-28-22(31)21(30)27-19-12-5-4-9-15(19)20(29)26-14-7-2-1-3-8-14/h4-6,9-14H,1-3,7-8H2,(H,26,29)(H,27,30)(H,28,31)/b25-13+. The van der Waals surface area contributed by atoms with Crippen LogP contribution in [0.5, 0.6) is 0 Å². The highest BCUT2D eigenvalue weighted by atomic mass is 35.5. The Morgan fingerprint density at radius 1 is 0.903 bits per heavy atom. The Kier molecular flexibility index (Phi) is 8.03. The predicted molar refractivity (Wildman–Crippen MR) is 122 cm³/mol. The molecule has 162 valence electrons. The minimum Gasteiger partial charge on any atom is -0.349 e. The van der Waals surface area contributed by atoms with Crippen molar-refractivity contribution >= 4 is 52.8 Å². The Bertz CT molecular complexity index is 984. The van der Waals surface area contributed by atoms with Crippen LogP contribution < -0.4 is 16.1 Å². The molecule has 3 amide bonds. The number of hydrazone groups is 1. The molecule has 0 heterocycles. The van der Waals surface area contributed by atoms with Crippen molar-refractivity contribution in [1.82, 2.24) is 10.7 Å². The summed E-state index contributed by atoms with van der Waals surface area (Å²) >= 11 is 12.1. The molecule has 1 aliphatic carbocycles. The van der Waals surface area contributed by atoms with Gasteiger partial charge in [-0.25, -0.2) is 5.43 Å². The summed E-state index contributed by atoms with van der Waals surface area (Å²) in [5, 5.41) is 9.90.